The number of hydrogen-bond acceptors (Lipinski definition) is 0. The molecule has 0 N–H and O–H groups in total. The van der Waals surface area contributed by atoms with Crippen LogP contribution in [0.25, 0.3) is 0 Å². The van der Waals surface area contributed by atoms with Crippen molar-refractivity contribution < 1.29 is 0 Å². The molecule has 1 saturated carbocycles. The molecule has 0 bridgehead atoms. The van der Waals surface area contributed by atoms with Gasteiger partial charge in [-0.3, -0.25) is 0 Å². The molecular weight excluding hydrogens is 120 g/mol. The molecule has 0 spiro atoms. The van der Waals surface area contributed by atoms with Gasteiger partial charge >= 0.3 is 0 Å². The summed E-state index contributed by atoms with van der Waals surface area (Å²) < 4.78 is 0. The van der Waals surface area contributed by atoms with E-state index in [-0.39, 0.29) is 0 Å². The third-order valence-corrected chi connectivity index (χ3v) is 3.12. The topological polar surface area (TPSA) is 0 Å². The molecule has 0 amide bonds. The Labute approximate surface area is 65.0 Å². The summed E-state index contributed by atoms with van der Waals surface area (Å²) in [6, 6.07) is 0. The Balaban J connectivity index is 2.78. The van der Waals surface area contributed by atoms with Gasteiger partial charge in [-0.2, -0.15) is 0 Å². The van der Waals surface area contributed by atoms with Gasteiger partial charge in [-0.15, -0.1) is 0 Å². The minimum Gasteiger partial charge on any atom is -0.0619 e. The van der Waals surface area contributed by atoms with E-state index in [1.807, 2.05) is 0 Å². The highest BCUT2D eigenvalue weighted by Gasteiger charge is 2.44. The Kier molecular flexibility index (Phi) is 1.61. The lowest BCUT2D eigenvalue weighted by atomic mass is 9.71. The summed E-state index contributed by atoms with van der Waals surface area (Å²) in [4.78, 5) is 0. The van der Waals surface area contributed by atoms with Crippen molar-refractivity contribution in [3.05, 3.63) is 6.42 Å². The Morgan fingerprint density at radius 2 is 1.70 bits per heavy atom. The van der Waals surface area contributed by atoms with Crippen molar-refractivity contribution in [2.24, 2.45) is 16.7 Å². The van der Waals surface area contributed by atoms with Gasteiger partial charge in [0.2, 0.25) is 0 Å². The van der Waals surface area contributed by atoms with Crippen LogP contribution in [0.3, 0.4) is 0 Å². The van der Waals surface area contributed by atoms with Crippen molar-refractivity contribution in [2.45, 2.75) is 41.0 Å². The second-order valence-electron chi connectivity index (χ2n) is 4.76. The third-order valence-electron chi connectivity index (χ3n) is 3.12. The predicted molar refractivity (Wildman–Crippen MR) is 44.6 cm³/mol. The molecule has 0 aliphatic heterocycles. The Morgan fingerprint density at radius 3 is 1.80 bits per heavy atom. The highest BCUT2D eigenvalue weighted by atomic mass is 14.5. The van der Waals surface area contributed by atoms with Crippen molar-refractivity contribution in [3.63, 3.8) is 0 Å². The molecule has 0 aromatic carbocycles. The monoisotopic (exact) mass is 138 g/mol. The standard InChI is InChI=1S/C10H18/c1-8-6-9(2,3)10(4,5)7-8/h8H,6H2,1-5H3. The Morgan fingerprint density at radius 1 is 1.20 bits per heavy atom. The van der Waals surface area contributed by atoms with E-state index in [4.69, 9.17) is 0 Å². The molecule has 0 nitrogen and oxygen atoms in total. The summed E-state index contributed by atoms with van der Waals surface area (Å²) in [6.45, 7) is 11.5. The fourth-order valence-corrected chi connectivity index (χ4v) is 1.88. The molecule has 0 aromatic rings. The number of hydrogen-bond donors (Lipinski definition) is 0. The van der Waals surface area contributed by atoms with Gasteiger partial charge in [0.25, 0.3) is 0 Å². The van der Waals surface area contributed by atoms with Gasteiger partial charge in [0.05, 0.1) is 0 Å². The minimum atomic E-state index is 0.312. The molecule has 1 atom stereocenters. The van der Waals surface area contributed by atoms with Crippen LogP contribution in [-0.2, 0) is 0 Å². The summed E-state index contributed by atoms with van der Waals surface area (Å²) in [6.07, 6.45) is 4.88. The lowest BCUT2D eigenvalue weighted by molar-refractivity contribution is 0.184. The van der Waals surface area contributed by atoms with E-state index in [0.29, 0.717) is 16.7 Å². The molecule has 0 heteroatoms. The van der Waals surface area contributed by atoms with E-state index < -0.39 is 0 Å². The van der Waals surface area contributed by atoms with E-state index in [2.05, 4.69) is 41.0 Å². The fourth-order valence-electron chi connectivity index (χ4n) is 1.88. The molecule has 2 radical (unpaired) electrons. The Hall–Kier alpha value is 0. The van der Waals surface area contributed by atoms with Crippen LogP contribution in [0.5, 0.6) is 0 Å². The molecule has 10 heavy (non-hydrogen) atoms. The van der Waals surface area contributed by atoms with Crippen LogP contribution in [0.4, 0.5) is 0 Å². The molecule has 1 aliphatic rings. The van der Waals surface area contributed by atoms with Crippen LogP contribution in [0.1, 0.15) is 41.0 Å². The number of rotatable bonds is 0. The van der Waals surface area contributed by atoms with Crippen molar-refractivity contribution in [3.8, 4) is 0 Å². The normalized spacial score (nSPS) is 30.9. The van der Waals surface area contributed by atoms with Crippen LogP contribution in [0.2, 0.25) is 0 Å². The fraction of sp³-hybridized carbons (Fsp3) is 0.900. The van der Waals surface area contributed by atoms with Crippen LogP contribution in [0.15, 0.2) is 0 Å². The summed E-state index contributed by atoms with van der Waals surface area (Å²) in [5.74, 6) is 0.685. The van der Waals surface area contributed by atoms with Gasteiger partial charge in [-0.05, 0) is 29.6 Å². The first-order valence-corrected chi connectivity index (χ1v) is 4.13. The quantitative estimate of drug-likeness (QED) is 0.482. The van der Waals surface area contributed by atoms with E-state index >= 15 is 0 Å². The highest BCUT2D eigenvalue weighted by molar-refractivity contribution is 5.05. The first kappa shape index (κ1) is 8.10. The maximum absolute atomic E-state index is 3.58. The van der Waals surface area contributed by atoms with Gasteiger partial charge in [0.15, 0.2) is 0 Å². The minimum absolute atomic E-state index is 0.312. The van der Waals surface area contributed by atoms with Crippen LogP contribution in [-0.4, -0.2) is 0 Å². The predicted octanol–water partition coefficient (Wildman–Crippen LogP) is 3.16. The Bertz CT molecular complexity index is 115. The zero-order chi connectivity index (χ0) is 7.99. The van der Waals surface area contributed by atoms with E-state index in [0.717, 1.165) is 0 Å². The second-order valence-corrected chi connectivity index (χ2v) is 4.76. The molecule has 1 rings (SSSR count). The molecule has 0 saturated heterocycles. The molecule has 58 valence electrons. The van der Waals surface area contributed by atoms with E-state index in [9.17, 15) is 0 Å². The first-order chi connectivity index (χ1) is 4.35. The zero-order valence-electron chi connectivity index (χ0n) is 7.78. The largest absolute Gasteiger partial charge is 0.0619 e. The molecular formula is C10H18. The summed E-state index contributed by atoms with van der Waals surface area (Å²) >= 11 is 0. The molecule has 1 aliphatic carbocycles. The lowest BCUT2D eigenvalue weighted by Crippen LogP contribution is -2.25. The van der Waals surface area contributed by atoms with Gasteiger partial charge in [-0.25, -0.2) is 0 Å². The average Bonchev–Trinajstić information content (AvgIpc) is 1.73. The SMILES string of the molecule is CC1[C]C(C)(C)C(C)(C)C1. The van der Waals surface area contributed by atoms with Crippen LogP contribution >= 0.6 is 0 Å². The summed E-state index contributed by atoms with van der Waals surface area (Å²) in [5.41, 5.74) is 0.763. The maximum Gasteiger partial charge on any atom is -0.00750 e. The van der Waals surface area contributed by atoms with Crippen LogP contribution < -0.4 is 0 Å². The van der Waals surface area contributed by atoms with Crippen molar-refractivity contribution in [1.29, 1.82) is 0 Å². The molecule has 1 fully saturated rings. The van der Waals surface area contributed by atoms with Crippen molar-refractivity contribution in [2.75, 3.05) is 0 Å². The van der Waals surface area contributed by atoms with Crippen molar-refractivity contribution >= 4 is 0 Å². The summed E-state index contributed by atoms with van der Waals surface area (Å²) in [7, 11) is 0. The highest BCUT2D eigenvalue weighted by Crippen LogP contribution is 2.53. The van der Waals surface area contributed by atoms with Crippen molar-refractivity contribution in [1.82, 2.24) is 0 Å². The van der Waals surface area contributed by atoms with Gasteiger partial charge in [0.1, 0.15) is 0 Å². The molecule has 0 aromatic heterocycles. The first-order valence-electron chi connectivity index (χ1n) is 4.13. The third kappa shape index (κ3) is 1.09. The lowest BCUT2D eigenvalue weighted by Gasteiger charge is -2.34. The van der Waals surface area contributed by atoms with E-state index in [1.165, 1.54) is 6.42 Å². The van der Waals surface area contributed by atoms with Gasteiger partial charge < -0.3 is 0 Å². The van der Waals surface area contributed by atoms with E-state index in [1.54, 1.807) is 0 Å². The van der Waals surface area contributed by atoms with Crippen LogP contribution in [0, 0.1) is 23.2 Å². The average molecular weight is 138 g/mol. The van der Waals surface area contributed by atoms with Gasteiger partial charge in [0, 0.05) is 0 Å². The van der Waals surface area contributed by atoms with Gasteiger partial charge in [-0.1, -0.05) is 34.6 Å². The molecule has 0 heterocycles. The summed E-state index contributed by atoms with van der Waals surface area (Å²) in [5, 5.41) is 0. The smallest absolute Gasteiger partial charge is 0.00750 e. The zero-order valence-corrected chi connectivity index (χ0v) is 7.78. The maximum atomic E-state index is 3.58. The molecule has 1 unspecified atom stereocenters. The second kappa shape index (κ2) is 1.99.